The van der Waals surface area contributed by atoms with Gasteiger partial charge in [-0.15, -0.1) is 0 Å². The van der Waals surface area contributed by atoms with E-state index in [1.165, 1.54) is 30.7 Å². The van der Waals surface area contributed by atoms with Gasteiger partial charge in [0.2, 0.25) is 0 Å². The molecule has 0 radical (unpaired) electrons. The van der Waals surface area contributed by atoms with E-state index in [0.29, 0.717) is 6.54 Å². The molecule has 0 bridgehead atoms. The summed E-state index contributed by atoms with van der Waals surface area (Å²) in [6, 6.07) is 15.2. The van der Waals surface area contributed by atoms with Crippen molar-refractivity contribution in [1.29, 1.82) is 0 Å². The van der Waals surface area contributed by atoms with Gasteiger partial charge in [0.25, 0.3) is 0 Å². The van der Waals surface area contributed by atoms with Gasteiger partial charge in [-0.1, -0.05) is 19.1 Å². The quantitative estimate of drug-likeness (QED) is 0.882. The molecule has 3 rings (SSSR count). The lowest BCUT2D eigenvalue weighted by Crippen LogP contribution is -2.32. The van der Waals surface area contributed by atoms with Gasteiger partial charge in [-0.2, -0.15) is 0 Å². The standard InChI is InChI=1S/C19H23FN2/c1-15-10-12-22(13-11-15)19-8-6-18(7-9-19)21-14-16-2-4-17(20)5-3-16/h2-9,15,21H,10-14H2,1H3. The summed E-state index contributed by atoms with van der Waals surface area (Å²) in [5.74, 6) is 0.664. The van der Waals surface area contributed by atoms with Crippen molar-refractivity contribution in [3.8, 4) is 0 Å². The Morgan fingerprint density at radius 3 is 2.27 bits per heavy atom. The van der Waals surface area contributed by atoms with E-state index in [1.807, 2.05) is 12.1 Å². The zero-order chi connectivity index (χ0) is 15.4. The molecule has 0 spiro atoms. The Labute approximate surface area is 132 Å². The second-order valence-corrected chi connectivity index (χ2v) is 6.20. The summed E-state index contributed by atoms with van der Waals surface area (Å²) in [5, 5.41) is 3.38. The van der Waals surface area contributed by atoms with Crippen molar-refractivity contribution in [3.05, 3.63) is 59.9 Å². The Hall–Kier alpha value is -2.03. The van der Waals surface area contributed by atoms with Gasteiger partial charge in [-0.3, -0.25) is 0 Å². The van der Waals surface area contributed by atoms with E-state index in [1.54, 1.807) is 0 Å². The van der Waals surface area contributed by atoms with Gasteiger partial charge in [0.05, 0.1) is 0 Å². The van der Waals surface area contributed by atoms with E-state index in [4.69, 9.17) is 0 Å². The number of halogens is 1. The minimum absolute atomic E-state index is 0.191. The highest BCUT2D eigenvalue weighted by atomic mass is 19.1. The van der Waals surface area contributed by atoms with Crippen LogP contribution in [0, 0.1) is 11.7 Å². The molecule has 0 aromatic heterocycles. The zero-order valence-corrected chi connectivity index (χ0v) is 13.1. The largest absolute Gasteiger partial charge is 0.381 e. The van der Waals surface area contributed by atoms with E-state index in [0.717, 1.165) is 30.3 Å². The summed E-state index contributed by atoms with van der Waals surface area (Å²) in [4.78, 5) is 2.46. The second kappa shape index (κ2) is 6.82. The Morgan fingerprint density at radius 1 is 1.00 bits per heavy atom. The maximum Gasteiger partial charge on any atom is 0.123 e. The van der Waals surface area contributed by atoms with E-state index in [9.17, 15) is 4.39 Å². The summed E-state index contributed by atoms with van der Waals surface area (Å²) in [6.45, 7) is 5.35. The predicted octanol–water partition coefficient (Wildman–Crippen LogP) is 4.67. The van der Waals surface area contributed by atoms with Crippen molar-refractivity contribution in [2.45, 2.75) is 26.3 Å². The molecule has 3 heteroatoms. The lowest BCUT2D eigenvalue weighted by Gasteiger charge is -2.32. The molecule has 2 aromatic rings. The minimum Gasteiger partial charge on any atom is -0.381 e. The fraction of sp³-hybridized carbons (Fsp3) is 0.368. The third-order valence-electron chi connectivity index (χ3n) is 4.43. The van der Waals surface area contributed by atoms with Crippen LogP contribution in [0.25, 0.3) is 0 Å². The molecule has 1 aliphatic rings. The van der Waals surface area contributed by atoms with Crippen LogP contribution in [0.1, 0.15) is 25.3 Å². The normalized spacial score (nSPS) is 15.8. The molecule has 1 heterocycles. The van der Waals surface area contributed by atoms with Crippen LogP contribution >= 0.6 is 0 Å². The van der Waals surface area contributed by atoms with Gasteiger partial charge < -0.3 is 10.2 Å². The number of piperidine rings is 1. The van der Waals surface area contributed by atoms with Crippen LogP contribution in [-0.4, -0.2) is 13.1 Å². The summed E-state index contributed by atoms with van der Waals surface area (Å²) < 4.78 is 12.9. The monoisotopic (exact) mass is 298 g/mol. The number of anilines is 2. The molecule has 22 heavy (non-hydrogen) atoms. The first-order valence-electron chi connectivity index (χ1n) is 8.04. The summed E-state index contributed by atoms with van der Waals surface area (Å²) in [6.07, 6.45) is 2.56. The van der Waals surface area contributed by atoms with Crippen LogP contribution in [-0.2, 0) is 6.54 Å². The molecule has 1 aliphatic heterocycles. The molecule has 0 amide bonds. The van der Waals surface area contributed by atoms with Gasteiger partial charge in [-0.25, -0.2) is 4.39 Å². The molecule has 1 saturated heterocycles. The SMILES string of the molecule is CC1CCN(c2ccc(NCc3ccc(F)cc3)cc2)CC1. The average Bonchev–Trinajstić information content (AvgIpc) is 2.56. The van der Waals surface area contributed by atoms with E-state index in [2.05, 4.69) is 41.4 Å². The fourth-order valence-corrected chi connectivity index (χ4v) is 2.86. The van der Waals surface area contributed by atoms with Crippen LogP contribution in [0.2, 0.25) is 0 Å². The molecule has 0 aliphatic carbocycles. The summed E-state index contributed by atoms with van der Waals surface area (Å²) in [7, 11) is 0. The van der Waals surface area contributed by atoms with Crippen LogP contribution in [0.15, 0.2) is 48.5 Å². The maximum absolute atomic E-state index is 12.9. The Balaban J connectivity index is 1.56. The molecule has 1 N–H and O–H groups in total. The Bertz CT molecular complexity index is 584. The lowest BCUT2D eigenvalue weighted by molar-refractivity contribution is 0.438. The Morgan fingerprint density at radius 2 is 1.64 bits per heavy atom. The van der Waals surface area contributed by atoms with Gasteiger partial charge >= 0.3 is 0 Å². The van der Waals surface area contributed by atoms with Crippen LogP contribution in [0.3, 0.4) is 0 Å². The number of benzene rings is 2. The highest BCUT2D eigenvalue weighted by molar-refractivity contribution is 5.55. The molecule has 0 saturated carbocycles. The smallest absolute Gasteiger partial charge is 0.123 e. The summed E-state index contributed by atoms with van der Waals surface area (Å²) >= 11 is 0. The van der Waals surface area contributed by atoms with Crippen molar-refractivity contribution in [2.24, 2.45) is 5.92 Å². The van der Waals surface area contributed by atoms with Crippen molar-refractivity contribution in [2.75, 3.05) is 23.3 Å². The first kappa shape index (κ1) is 14.9. The molecule has 0 atom stereocenters. The van der Waals surface area contributed by atoms with Crippen LogP contribution < -0.4 is 10.2 Å². The highest BCUT2D eigenvalue weighted by Crippen LogP contribution is 2.24. The van der Waals surface area contributed by atoms with E-state index >= 15 is 0 Å². The van der Waals surface area contributed by atoms with Crippen molar-refractivity contribution in [3.63, 3.8) is 0 Å². The number of nitrogens with zero attached hydrogens (tertiary/aromatic N) is 1. The molecular formula is C19H23FN2. The number of rotatable bonds is 4. The number of hydrogen-bond acceptors (Lipinski definition) is 2. The molecule has 2 nitrogen and oxygen atoms in total. The van der Waals surface area contributed by atoms with Gasteiger partial charge in [0.15, 0.2) is 0 Å². The predicted molar refractivity (Wildman–Crippen MR) is 90.8 cm³/mol. The molecule has 116 valence electrons. The minimum atomic E-state index is -0.191. The van der Waals surface area contributed by atoms with Crippen LogP contribution in [0.4, 0.5) is 15.8 Å². The van der Waals surface area contributed by atoms with E-state index < -0.39 is 0 Å². The number of hydrogen-bond donors (Lipinski definition) is 1. The zero-order valence-electron chi connectivity index (χ0n) is 13.1. The van der Waals surface area contributed by atoms with Gasteiger partial charge in [0.1, 0.15) is 5.82 Å². The van der Waals surface area contributed by atoms with Crippen molar-refractivity contribution < 1.29 is 4.39 Å². The molecule has 1 fully saturated rings. The first-order valence-corrected chi connectivity index (χ1v) is 8.04. The average molecular weight is 298 g/mol. The fourth-order valence-electron chi connectivity index (χ4n) is 2.86. The van der Waals surface area contributed by atoms with Gasteiger partial charge in [0, 0.05) is 31.0 Å². The first-order chi connectivity index (χ1) is 10.7. The topological polar surface area (TPSA) is 15.3 Å². The second-order valence-electron chi connectivity index (χ2n) is 6.20. The molecule has 0 unspecified atom stereocenters. The molecule has 2 aromatic carbocycles. The summed E-state index contributed by atoms with van der Waals surface area (Å²) in [5.41, 5.74) is 3.48. The van der Waals surface area contributed by atoms with Crippen molar-refractivity contribution >= 4 is 11.4 Å². The van der Waals surface area contributed by atoms with Gasteiger partial charge in [-0.05, 0) is 60.7 Å². The third-order valence-corrected chi connectivity index (χ3v) is 4.43. The lowest BCUT2D eigenvalue weighted by atomic mass is 9.99. The van der Waals surface area contributed by atoms with Crippen molar-refractivity contribution in [1.82, 2.24) is 0 Å². The highest BCUT2D eigenvalue weighted by Gasteiger charge is 2.15. The number of nitrogens with one attached hydrogen (secondary N) is 1. The maximum atomic E-state index is 12.9. The van der Waals surface area contributed by atoms with Crippen LogP contribution in [0.5, 0.6) is 0 Å². The Kier molecular flexibility index (Phi) is 4.62. The third kappa shape index (κ3) is 3.79. The molecular weight excluding hydrogens is 275 g/mol. The van der Waals surface area contributed by atoms with E-state index in [-0.39, 0.29) is 5.82 Å².